The number of aryl methyl sites for hydroxylation is 2. The Balaban J connectivity index is 2.03. The van der Waals surface area contributed by atoms with Crippen LogP contribution in [-0.2, 0) is 11.2 Å². The molecule has 18 heavy (non-hydrogen) atoms. The Kier molecular flexibility index (Phi) is 3.99. The maximum absolute atomic E-state index is 11.5. The minimum atomic E-state index is -0.0222. The number of H-pyrrole nitrogens is 1. The average Bonchev–Trinajstić information content (AvgIpc) is 2.76. The Bertz CT molecular complexity index is 546. The number of hydrogen-bond acceptors (Lipinski definition) is 2. The lowest BCUT2D eigenvalue weighted by molar-refractivity contribution is -0.121. The fraction of sp³-hybridized carbons (Fsp3) is 0.357. The van der Waals surface area contributed by atoms with Crippen LogP contribution in [0, 0.1) is 6.92 Å². The molecule has 0 spiro atoms. The first-order valence-corrected chi connectivity index (χ1v) is 6.15. The third-order valence-electron chi connectivity index (χ3n) is 2.98. The van der Waals surface area contributed by atoms with Crippen LogP contribution in [0.1, 0.15) is 17.5 Å². The lowest BCUT2D eigenvalue weighted by Gasteiger charge is -2.02. The predicted molar refractivity (Wildman–Crippen MR) is 71.5 cm³/mol. The summed E-state index contributed by atoms with van der Waals surface area (Å²) in [5.74, 6) is -0.0222. The number of amides is 1. The van der Waals surface area contributed by atoms with E-state index in [1.165, 1.54) is 10.9 Å². The van der Waals surface area contributed by atoms with Crippen molar-refractivity contribution < 1.29 is 9.90 Å². The summed E-state index contributed by atoms with van der Waals surface area (Å²) >= 11 is 0. The van der Waals surface area contributed by atoms with E-state index >= 15 is 0 Å². The van der Waals surface area contributed by atoms with Crippen molar-refractivity contribution in [3.63, 3.8) is 0 Å². The number of rotatable bonds is 5. The van der Waals surface area contributed by atoms with Gasteiger partial charge in [0.05, 0.1) is 6.61 Å². The minimum absolute atomic E-state index is 0.0159. The van der Waals surface area contributed by atoms with Crippen molar-refractivity contribution in [2.45, 2.75) is 19.8 Å². The number of aromatic amines is 1. The fourth-order valence-corrected chi connectivity index (χ4v) is 2.03. The number of carbonyl (C=O) groups is 1. The molecule has 4 nitrogen and oxygen atoms in total. The van der Waals surface area contributed by atoms with Crippen molar-refractivity contribution in [1.82, 2.24) is 10.3 Å². The van der Waals surface area contributed by atoms with Gasteiger partial charge in [0, 0.05) is 30.1 Å². The summed E-state index contributed by atoms with van der Waals surface area (Å²) in [6.45, 7) is 2.37. The number of benzene rings is 1. The van der Waals surface area contributed by atoms with E-state index in [9.17, 15) is 4.79 Å². The van der Waals surface area contributed by atoms with E-state index < -0.39 is 0 Å². The predicted octanol–water partition coefficient (Wildman–Crippen LogP) is 1.52. The van der Waals surface area contributed by atoms with Crippen molar-refractivity contribution in [1.29, 1.82) is 0 Å². The standard InChI is InChI=1S/C14H18N2O2/c1-10-2-4-13-12(8-10)11(9-16-13)3-5-14(18)15-6-7-17/h2,4,8-9,16-17H,3,5-7H2,1H3,(H,15,18). The number of hydrogen-bond donors (Lipinski definition) is 3. The van der Waals surface area contributed by atoms with Crippen molar-refractivity contribution in [3.05, 3.63) is 35.5 Å². The van der Waals surface area contributed by atoms with Gasteiger partial charge in [0.1, 0.15) is 0 Å². The third kappa shape index (κ3) is 2.90. The smallest absolute Gasteiger partial charge is 0.220 e. The number of fused-ring (bicyclic) bond motifs is 1. The summed E-state index contributed by atoms with van der Waals surface area (Å²) in [4.78, 5) is 14.7. The Labute approximate surface area is 106 Å². The Morgan fingerprint density at radius 3 is 3.06 bits per heavy atom. The van der Waals surface area contributed by atoms with Gasteiger partial charge in [-0.15, -0.1) is 0 Å². The van der Waals surface area contributed by atoms with Crippen LogP contribution in [0.4, 0.5) is 0 Å². The average molecular weight is 246 g/mol. The summed E-state index contributed by atoms with van der Waals surface area (Å²) in [7, 11) is 0. The van der Waals surface area contributed by atoms with Crippen LogP contribution in [-0.4, -0.2) is 29.1 Å². The third-order valence-corrected chi connectivity index (χ3v) is 2.98. The van der Waals surface area contributed by atoms with Gasteiger partial charge in [0.2, 0.25) is 5.91 Å². The van der Waals surface area contributed by atoms with Gasteiger partial charge in [-0.2, -0.15) is 0 Å². The zero-order valence-electron chi connectivity index (χ0n) is 10.5. The van der Waals surface area contributed by atoms with E-state index in [-0.39, 0.29) is 12.5 Å². The Hall–Kier alpha value is -1.81. The highest BCUT2D eigenvalue weighted by Gasteiger charge is 2.06. The molecule has 0 aliphatic rings. The molecule has 0 saturated heterocycles. The van der Waals surface area contributed by atoms with Crippen LogP contribution in [0.5, 0.6) is 0 Å². The molecule has 1 amide bonds. The van der Waals surface area contributed by atoms with Crippen LogP contribution in [0.25, 0.3) is 10.9 Å². The van der Waals surface area contributed by atoms with E-state index in [4.69, 9.17) is 5.11 Å². The molecule has 0 bridgehead atoms. The van der Waals surface area contributed by atoms with E-state index in [1.54, 1.807) is 0 Å². The summed E-state index contributed by atoms with van der Waals surface area (Å²) in [6.07, 6.45) is 3.12. The molecule has 1 heterocycles. The molecule has 3 N–H and O–H groups in total. The van der Waals surface area contributed by atoms with Gasteiger partial charge in [-0.1, -0.05) is 11.6 Å². The molecular formula is C14H18N2O2. The summed E-state index contributed by atoms with van der Waals surface area (Å²) in [6, 6.07) is 6.25. The molecule has 0 aliphatic carbocycles. The number of aliphatic hydroxyl groups is 1. The molecule has 96 valence electrons. The van der Waals surface area contributed by atoms with Crippen molar-refractivity contribution in [2.75, 3.05) is 13.2 Å². The maximum atomic E-state index is 11.5. The highest BCUT2D eigenvalue weighted by Crippen LogP contribution is 2.20. The van der Waals surface area contributed by atoms with Gasteiger partial charge in [0.15, 0.2) is 0 Å². The fourth-order valence-electron chi connectivity index (χ4n) is 2.03. The number of aromatic nitrogens is 1. The van der Waals surface area contributed by atoms with E-state index in [0.717, 1.165) is 11.1 Å². The summed E-state index contributed by atoms with van der Waals surface area (Å²) < 4.78 is 0. The first-order chi connectivity index (χ1) is 8.70. The molecular weight excluding hydrogens is 228 g/mol. The molecule has 1 aromatic carbocycles. The molecule has 0 atom stereocenters. The molecule has 0 saturated carbocycles. The van der Waals surface area contributed by atoms with Gasteiger partial charge < -0.3 is 15.4 Å². The first-order valence-electron chi connectivity index (χ1n) is 6.15. The van der Waals surface area contributed by atoms with Gasteiger partial charge in [-0.25, -0.2) is 0 Å². The monoisotopic (exact) mass is 246 g/mol. The zero-order valence-corrected chi connectivity index (χ0v) is 10.5. The van der Waals surface area contributed by atoms with E-state index in [0.29, 0.717) is 19.4 Å². The SMILES string of the molecule is Cc1ccc2[nH]cc(CCC(=O)NCCO)c2c1. The van der Waals surface area contributed by atoms with Gasteiger partial charge in [0.25, 0.3) is 0 Å². The largest absolute Gasteiger partial charge is 0.395 e. The van der Waals surface area contributed by atoms with Crippen LogP contribution in [0.3, 0.4) is 0 Å². The normalized spacial score (nSPS) is 10.8. The quantitative estimate of drug-likeness (QED) is 0.749. The number of aliphatic hydroxyl groups excluding tert-OH is 1. The molecule has 2 rings (SSSR count). The van der Waals surface area contributed by atoms with Crippen LogP contribution in [0.2, 0.25) is 0 Å². The highest BCUT2D eigenvalue weighted by atomic mass is 16.3. The van der Waals surface area contributed by atoms with Crippen LogP contribution >= 0.6 is 0 Å². The Morgan fingerprint density at radius 2 is 2.28 bits per heavy atom. The van der Waals surface area contributed by atoms with Crippen LogP contribution < -0.4 is 5.32 Å². The van der Waals surface area contributed by atoms with E-state index in [2.05, 4.69) is 35.4 Å². The molecule has 0 unspecified atom stereocenters. The van der Waals surface area contributed by atoms with Crippen LogP contribution in [0.15, 0.2) is 24.4 Å². The van der Waals surface area contributed by atoms with Gasteiger partial charge >= 0.3 is 0 Å². The molecule has 0 aliphatic heterocycles. The van der Waals surface area contributed by atoms with Crippen molar-refractivity contribution >= 4 is 16.8 Å². The van der Waals surface area contributed by atoms with Gasteiger partial charge in [-0.3, -0.25) is 4.79 Å². The molecule has 2 aromatic rings. The summed E-state index contributed by atoms with van der Waals surface area (Å²) in [5.41, 5.74) is 3.48. The zero-order chi connectivity index (χ0) is 13.0. The highest BCUT2D eigenvalue weighted by molar-refractivity contribution is 5.84. The number of carbonyl (C=O) groups excluding carboxylic acids is 1. The summed E-state index contributed by atoms with van der Waals surface area (Å²) in [5, 5.41) is 12.5. The lowest BCUT2D eigenvalue weighted by Crippen LogP contribution is -2.26. The van der Waals surface area contributed by atoms with Gasteiger partial charge in [-0.05, 0) is 31.0 Å². The topological polar surface area (TPSA) is 65.1 Å². The molecule has 4 heteroatoms. The molecule has 0 fully saturated rings. The van der Waals surface area contributed by atoms with E-state index in [1.807, 2.05) is 6.20 Å². The van der Waals surface area contributed by atoms with Crippen molar-refractivity contribution in [3.8, 4) is 0 Å². The maximum Gasteiger partial charge on any atom is 0.220 e. The minimum Gasteiger partial charge on any atom is -0.395 e. The second kappa shape index (κ2) is 5.69. The first kappa shape index (κ1) is 12.6. The second-order valence-electron chi connectivity index (χ2n) is 4.44. The number of nitrogens with one attached hydrogen (secondary N) is 2. The lowest BCUT2D eigenvalue weighted by atomic mass is 10.1. The molecule has 0 radical (unpaired) electrons. The molecule has 1 aromatic heterocycles. The second-order valence-corrected chi connectivity index (χ2v) is 4.44. The van der Waals surface area contributed by atoms with Crippen molar-refractivity contribution in [2.24, 2.45) is 0 Å². The Morgan fingerprint density at radius 1 is 1.44 bits per heavy atom.